The summed E-state index contributed by atoms with van der Waals surface area (Å²) in [6.45, 7) is 11.6. The molecule has 158 valence electrons. The van der Waals surface area contributed by atoms with Gasteiger partial charge in [0.2, 0.25) is 0 Å². The van der Waals surface area contributed by atoms with E-state index in [1.807, 2.05) is 29.7 Å². The van der Waals surface area contributed by atoms with Crippen LogP contribution in [0.2, 0.25) is 0 Å². The molecule has 0 aliphatic carbocycles. The molecule has 0 radical (unpaired) electrons. The van der Waals surface area contributed by atoms with Gasteiger partial charge in [-0.3, -0.25) is 9.36 Å². The monoisotopic (exact) mass is 440 g/mol. The number of thiophene rings is 1. The summed E-state index contributed by atoms with van der Waals surface area (Å²) in [7, 11) is 0. The summed E-state index contributed by atoms with van der Waals surface area (Å²) in [6, 6.07) is 10.3. The normalized spacial score (nSPS) is 16.2. The van der Waals surface area contributed by atoms with Crippen molar-refractivity contribution in [1.82, 2.24) is 9.55 Å². The molecule has 2 aromatic heterocycles. The molecule has 1 aliphatic rings. The van der Waals surface area contributed by atoms with Gasteiger partial charge in [0.1, 0.15) is 4.83 Å². The number of rotatable bonds is 7. The van der Waals surface area contributed by atoms with Crippen LogP contribution in [-0.2, 0) is 30.7 Å². The van der Waals surface area contributed by atoms with Crippen molar-refractivity contribution < 1.29 is 4.74 Å². The zero-order chi connectivity index (χ0) is 21.3. The fourth-order valence-electron chi connectivity index (χ4n) is 3.75. The van der Waals surface area contributed by atoms with Gasteiger partial charge in [-0.25, -0.2) is 4.98 Å². The van der Waals surface area contributed by atoms with Gasteiger partial charge < -0.3 is 4.74 Å². The Hall–Kier alpha value is -1.89. The van der Waals surface area contributed by atoms with E-state index in [-0.39, 0.29) is 11.7 Å². The molecule has 0 fully saturated rings. The first kappa shape index (κ1) is 21.3. The number of hydrogen-bond donors (Lipinski definition) is 0. The molecule has 4 nitrogen and oxygen atoms in total. The number of ether oxygens (including phenoxy) is 1. The highest BCUT2D eigenvalue weighted by Gasteiger charge is 2.28. The van der Waals surface area contributed by atoms with Gasteiger partial charge in [0.15, 0.2) is 5.16 Å². The summed E-state index contributed by atoms with van der Waals surface area (Å²) in [5.41, 5.74) is 3.54. The van der Waals surface area contributed by atoms with Gasteiger partial charge in [0.25, 0.3) is 5.56 Å². The van der Waals surface area contributed by atoms with Crippen LogP contribution in [0.3, 0.4) is 0 Å². The fourth-order valence-corrected chi connectivity index (χ4v) is 5.78. The molecule has 3 heterocycles. The van der Waals surface area contributed by atoms with Gasteiger partial charge in [-0.05, 0) is 30.4 Å². The highest BCUT2D eigenvalue weighted by atomic mass is 32.2. The van der Waals surface area contributed by atoms with E-state index < -0.39 is 0 Å². The molecule has 6 heteroatoms. The number of nitrogens with zero attached hydrogens (tertiary/aromatic N) is 2. The Morgan fingerprint density at radius 1 is 1.37 bits per heavy atom. The SMILES string of the molecule is C=C(C)CSc1nc2sc3c(c2c(=O)n1CCc1ccccc1)CC(C(C)C)OC3. The standard InChI is InChI=1S/C24H28N2O2S2/c1-15(2)14-29-24-25-22-21(18-12-19(16(3)4)28-13-20(18)30-22)23(27)26(24)11-10-17-8-6-5-7-9-17/h5-9,16,19H,1,10-14H2,2-4H3. The van der Waals surface area contributed by atoms with Crippen molar-refractivity contribution in [2.24, 2.45) is 5.92 Å². The van der Waals surface area contributed by atoms with Gasteiger partial charge in [0, 0.05) is 23.6 Å². The van der Waals surface area contributed by atoms with Crippen molar-refractivity contribution in [3.8, 4) is 0 Å². The summed E-state index contributed by atoms with van der Waals surface area (Å²) in [5, 5.41) is 1.59. The molecule has 1 aromatic carbocycles. The second kappa shape index (κ2) is 9.08. The molecule has 3 aromatic rings. The minimum absolute atomic E-state index is 0.0852. The maximum Gasteiger partial charge on any atom is 0.263 e. The van der Waals surface area contributed by atoms with E-state index in [9.17, 15) is 4.79 Å². The van der Waals surface area contributed by atoms with E-state index in [0.29, 0.717) is 19.1 Å². The number of benzene rings is 1. The molecular formula is C24H28N2O2S2. The summed E-state index contributed by atoms with van der Waals surface area (Å²) in [5.74, 6) is 1.18. The van der Waals surface area contributed by atoms with Crippen LogP contribution in [-0.4, -0.2) is 21.4 Å². The van der Waals surface area contributed by atoms with Crippen molar-refractivity contribution in [2.75, 3.05) is 5.75 Å². The van der Waals surface area contributed by atoms with Crippen LogP contribution in [0.4, 0.5) is 0 Å². The lowest BCUT2D eigenvalue weighted by Crippen LogP contribution is -2.29. The Labute approximate surface area is 186 Å². The minimum Gasteiger partial charge on any atom is -0.372 e. The number of aromatic nitrogens is 2. The van der Waals surface area contributed by atoms with Crippen LogP contribution in [0.5, 0.6) is 0 Å². The van der Waals surface area contributed by atoms with Crippen LogP contribution in [0.15, 0.2) is 52.4 Å². The Morgan fingerprint density at radius 3 is 2.83 bits per heavy atom. The quantitative estimate of drug-likeness (QED) is 0.278. The van der Waals surface area contributed by atoms with Crippen molar-refractivity contribution in [3.05, 3.63) is 68.8 Å². The molecule has 1 aliphatic heterocycles. The van der Waals surface area contributed by atoms with Crippen molar-refractivity contribution in [3.63, 3.8) is 0 Å². The molecular weight excluding hydrogens is 412 g/mol. The molecule has 4 rings (SSSR count). The summed E-state index contributed by atoms with van der Waals surface area (Å²) in [6.07, 6.45) is 1.75. The Morgan fingerprint density at radius 2 is 2.13 bits per heavy atom. The van der Waals surface area contributed by atoms with E-state index in [0.717, 1.165) is 50.0 Å². The zero-order valence-corrected chi connectivity index (χ0v) is 19.4. The Balaban J connectivity index is 1.77. The first-order valence-electron chi connectivity index (χ1n) is 10.4. The summed E-state index contributed by atoms with van der Waals surface area (Å²) < 4.78 is 7.91. The predicted molar refractivity (Wildman–Crippen MR) is 127 cm³/mol. The molecule has 0 amide bonds. The molecule has 0 N–H and O–H groups in total. The topological polar surface area (TPSA) is 44.1 Å². The van der Waals surface area contributed by atoms with Crippen LogP contribution in [0.1, 0.15) is 36.8 Å². The van der Waals surface area contributed by atoms with Crippen molar-refractivity contribution in [1.29, 1.82) is 0 Å². The summed E-state index contributed by atoms with van der Waals surface area (Å²) >= 11 is 3.21. The highest BCUT2D eigenvalue weighted by Crippen LogP contribution is 2.36. The maximum atomic E-state index is 13.7. The van der Waals surface area contributed by atoms with Crippen LogP contribution < -0.4 is 5.56 Å². The third-order valence-electron chi connectivity index (χ3n) is 5.45. The third-order valence-corrected chi connectivity index (χ3v) is 7.76. The van der Waals surface area contributed by atoms with Crippen LogP contribution in [0, 0.1) is 5.92 Å². The van der Waals surface area contributed by atoms with Crippen molar-refractivity contribution >= 4 is 33.3 Å². The third kappa shape index (κ3) is 4.41. The molecule has 0 bridgehead atoms. The largest absolute Gasteiger partial charge is 0.372 e. The molecule has 0 saturated heterocycles. The van der Waals surface area contributed by atoms with Crippen LogP contribution in [0.25, 0.3) is 10.2 Å². The Bertz CT molecular complexity index is 1120. The van der Waals surface area contributed by atoms with Gasteiger partial charge in [-0.1, -0.05) is 68.1 Å². The smallest absolute Gasteiger partial charge is 0.263 e. The predicted octanol–water partition coefficient (Wildman–Crippen LogP) is 5.47. The van der Waals surface area contributed by atoms with E-state index >= 15 is 0 Å². The van der Waals surface area contributed by atoms with Crippen molar-refractivity contribution in [2.45, 2.75) is 58.0 Å². The van der Waals surface area contributed by atoms with Gasteiger partial charge >= 0.3 is 0 Å². The average molecular weight is 441 g/mol. The zero-order valence-electron chi connectivity index (χ0n) is 17.8. The van der Waals surface area contributed by atoms with E-state index in [4.69, 9.17) is 9.72 Å². The first-order chi connectivity index (χ1) is 14.4. The number of fused-ring (bicyclic) bond motifs is 3. The summed E-state index contributed by atoms with van der Waals surface area (Å²) in [4.78, 5) is 20.6. The molecule has 30 heavy (non-hydrogen) atoms. The average Bonchev–Trinajstić information content (AvgIpc) is 3.10. The second-order valence-electron chi connectivity index (χ2n) is 8.31. The molecule has 1 atom stereocenters. The van der Waals surface area contributed by atoms with Gasteiger partial charge in [-0.2, -0.15) is 0 Å². The second-order valence-corrected chi connectivity index (χ2v) is 10.3. The number of thioether (sulfide) groups is 1. The van der Waals surface area contributed by atoms with Gasteiger partial charge in [-0.15, -0.1) is 11.3 Å². The Kier molecular flexibility index (Phi) is 6.46. The maximum absolute atomic E-state index is 13.7. The molecule has 0 saturated carbocycles. The van der Waals surface area contributed by atoms with Crippen LogP contribution >= 0.6 is 23.1 Å². The highest BCUT2D eigenvalue weighted by molar-refractivity contribution is 7.99. The van der Waals surface area contributed by atoms with E-state index in [2.05, 4.69) is 32.6 Å². The fraction of sp³-hybridized carbons (Fsp3) is 0.417. The van der Waals surface area contributed by atoms with E-state index in [1.165, 1.54) is 5.56 Å². The lowest BCUT2D eigenvalue weighted by molar-refractivity contribution is 0.00200. The van der Waals surface area contributed by atoms with Gasteiger partial charge in [0.05, 0.1) is 18.1 Å². The lowest BCUT2D eigenvalue weighted by Gasteiger charge is -2.26. The minimum atomic E-state index is 0.0852. The van der Waals surface area contributed by atoms with E-state index in [1.54, 1.807) is 23.1 Å². The lowest BCUT2D eigenvalue weighted by atomic mass is 9.96. The molecule has 0 spiro atoms. The number of aryl methyl sites for hydroxylation is 1. The first-order valence-corrected chi connectivity index (χ1v) is 12.2. The molecule has 1 unspecified atom stereocenters. The number of hydrogen-bond acceptors (Lipinski definition) is 5.